The van der Waals surface area contributed by atoms with Gasteiger partial charge in [-0.1, -0.05) is 6.58 Å². The summed E-state index contributed by atoms with van der Waals surface area (Å²) < 4.78 is 29.2. The van der Waals surface area contributed by atoms with Gasteiger partial charge in [0.2, 0.25) is 15.9 Å². The van der Waals surface area contributed by atoms with Gasteiger partial charge >= 0.3 is 5.69 Å². The summed E-state index contributed by atoms with van der Waals surface area (Å²) in [5.74, 6) is 0.312. The van der Waals surface area contributed by atoms with Crippen LogP contribution in [-0.2, 0) is 21.4 Å². The van der Waals surface area contributed by atoms with Crippen LogP contribution < -0.4 is 21.3 Å². The lowest BCUT2D eigenvalue weighted by molar-refractivity contribution is -0.116. The van der Waals surface area contributed by atoms with Crippen LogP contribution in [0, 0.1) is 5.92 Å². The highest BCUT2D eigenvalue weighted by molar-refractivity contribution is 7.89. The zero-order chi connectivity index (χ0) is 22.1. The molecule has 1 aromatic heterocycles. The fourth-order valence-corrected chi connectivity index (χ4v) is 4.45. The van der Waals surface area contributed by atoms with Gasteiger partial charge in [0, 0.05) is 19.1 Å². The fraction of sp³-hybridized carbons (Fsp3) is 0.450. The molecule has 1 aromatic carbocycles. The smallest absolute Gasteiger partial charge is 0.328 e. The molecule has 30 heavy (non-hydrogen) atoms. The number of fused-ring (bicyclic) bond motifs is 1. The molecule has 0 bridgehead atoms. The Morgan fingerprint density at radius 1 is 1.33 bits per heavy atom. The monoisotopic (exact) mass is 434 g/mol. The number of aromatic nitrogens is 2. The lowest BCUT2D eigenvalue weighted by Crippen LogP contribution is -2.34. The molecule has 2 aliphatic carbocycles. The third-order valence-corrected chi connectivity index (χ3v) is 6.87. The number of aromatic amines is 1. The molecule has 10 heteroatoms. The van der Waals surface area contributed by atoms with E-state index in [4.69, 9.17) is 0 Å². The minimum Gasteiger partial charge on any atom is -0.356 e. The molecule has 0 atom stereocenters. The Morgan fingerprint density at radius 3 is 2.50 bits per heavy atom. The molecule has 2 saturated carbocycles. The van der Waals surface area contributed by atoms with Crippen LogP contribution in [0.25, 0.3) is 10.9 Å². The lowest BCUT2D eigenvalue weighted by Gasteiger charge is -2.13. The van der Waals surface area contributed by atoms with Crippen LogP contribution in [-0.4, -0.2) is 36.5 Å². The van der Waals surface area contributed by atoms with Crippen LogP contribution in [0.3, 0.4) is 0 Å². The molecule has 0 aliphatic heterocycles. The number of benzene rings is 1. The Kier molecular flexibility index (Phi) is 6.00. The molecule has 0 unspecified atom stereocenters. The summed E-state index contributed by atoms with van der Waals surface area (Å²) in [4.78, 5) is 36.5. The van der Waals surface area contributed by atoms with Crippen LogP contribution >= 0.6 is 0 Å². The van der Waals surface area contributed by atoms with Gasteiger partial charge in [-0.3, -0.25) is 19.1 Å². The van der Waals surface area contributed by atoms with Crippen molar-refractivity contribution in [3.63, 3.8) is 0 Å². The molecule has 2 fully saturated rings. The van der Waals surface area contributed by atoms with E-state index in [-0.39, 0.29) is 21.7 Å². The zero-order valence-electron chi connectivity index (χ0n) is 17.0. The van der Waals surface area contributed by atoms with Crippen molar-refractivity contribution in [1.29, 1.82) is 0 Å². The highest BCUT2D eigenvalue weighted by Gasteiger charge is 2.41. The Hall–Kier alpha value is -2.72. The topological polar surface area (TPSA) is 130 Å². The summed E-state index contributed by atoms with van der Waals surface area (Å²) in [5.41, 5.74) is -0.909. The van der Waals surface area contributed by atoms with Gasteiger partial charge in [-0.2, -0.15) is 0 Å². The highest BCUT2D eigenvalue weighted by atomic mass is 32.2. The summed E-state index contributed by atoms with van der Waals surface area (Å²) in [6.45, 7) is 5.62. The molecular formula is C20H26N4O5S. The number of likely N-dealkylation sites (N-methyl/N-ethyl adjacent to an activating group) is 1. The highest BCUT2D eigenvalue weighted by Crippen LogP contribution is 2.36. The van der Waals surface area contributed by atoms with Gasteiger partial charge in [-0.05, 0) is 62.8 Å². The van der Waals surface area contributed by atoms with E-state index < -0.39 is 21.3 Å². The van der Waals surface area contributed by atoms with Gasteiger partial charge in [0.25, 0.3) is 5.56 Å². The number of sulfonamides is 1. The molecule has 9 nitrogen and oxygen atoms in total. The van der Waals surface area contributed by atoms with Crippen molar-refractivity contribution in [1.82, 2.24) is 19.6 Å². The van der Waals surface area contributed by atoms with Crippen LogP contribution in [0.4, 0.5) is 0 Å². The van der Waals surface area contributed by atoms with E-state index in [1.54, 1.807) is 13.1 Å². The second-order valence-corrected chi connectivity index (χ2v) is 9.66. The Balaban J connectivity index is 0.000000377. The van der Waals surface area contributed by atoms with Gasteiger partial charge in [0.1, 0.15) is 0 Å². The SMILES string of the molecule is C=CC(=O)NC.CC1(NS(=O)(=O)c2ccc3c(c2)c(=O)[nH]c(=O)n3CC2CC2)CC1. The third kappa shape index (κ3) is 5.06. The molecule has 0 radical (unpaired) electrons. The molecule has 1 heterocycles. The number of amides is 1. The standard InChI is InChI=1S/C16H19N3O4S.C4H7NO/c1-16(6-7-16)18-24(22,23)11-4-5-13-12(8-11)14(20)17-15(21)19(13)9-10-2-3-10;1-3-4(6)5-2/h4-5,8,10,18H,2-3,6-7,9H2,1H3,(H,17,20,21);3H,1H2,2H3,(H,5,6). The number of hydrogen-bond donors (Lipinski definition) is 3. The molecule has 162 valence electrons. The van der Waals surface area contributed by atoms with Crippen molar-refractivity contribution in [2.45, 2.75) is 49.6 Å². The number of nitrogens with one attached hydrogen (secondary N) is 3. The number of carbonyl (C=O) groups is 1. The quantitative estimate of drug-likeness (QED) is 0.580. The van der Waals surface area contributed by atoms with Crippen LogP contribution in [0.1, 0.15) is 32.6 Å². The van der Waals surface area contributed by atoms with Gasteiger partial charge in [-0.15, -0.1) is 0 Å². The van der Waals surface area contributed by atoms with E-state index >= 15 is 0 Å². The molecule has 0 spiro atoms. The fourth-order valence-electron chi connectivity index (χ4n) is 2.96. The second kappa shape index (κ2) is 8.19. The molecule has 3 N–H and O–H groups in total. The first-order chi connectivity index (χ1) is 14.1. The molecular weight excluding hydrogens is 408 g/mol. The Labute approximate surface area is 174 Å². The van der Waals surface area contributed by atoms with Gasteiger partial charge in [0.05, 0.1) is 15.8 Å². The summed E-state index contributed by atoms with van der Waals surface area (Å²) in [6, 6.07) is 4.36. The second-order valence-electron chi connectivity index (χ2n) is 7.98. The average Bonchev–Trinajstić information content (AvgIpc) is 3.63. The van der Waals surface area contributed by atoms with Crippen molar-refractivity contribution >= 4 is 26.8 Å². The van der Waals surface area contributed by atoms with Crippen molar-refractivity contribution in [2.75, 3.05) is 7.05 Å². The number of nitrogens with zero attached hydrogens (tertiary/aromatic N) is 1. The van der Waals surface area contributed by atoms with Gasteiger partial charge < -0.3 is 5.32 Å². The first-order valence-electron chi connectivity index (χ1n) is 9.73. The molecule has 4 rings (SSSR count). The van der Waals surface area contributed by atoms with E-state index in [2.05, 4.69) is 21.6 Å². The Morgan fingerprint density at radius 2 is 2.00 bits per heavy atom. The molecule has 2 aliphatic rings. The first-order valence-corrected chi connectivity index (χ1v) is 11.2. The average molecular weight is 435 g/mol. The van der Waals surface area contributed by atoms with Crippen molar-refractivity contribution in [3.8, 4) is 0 Å². The van der Waals surface area contributed by atoms with Crippen molar-refractivity contribution in [2.24, 2.45) is 5.92 Å². The first kappa shape index (κ1) is 22.0. The maximum Gasteiger partial charge on any atom is 0.328 e. The minimum absolute atomic E-state index is 0.0465. The van der Waals surface area contributed by atoms with Gasteiger partial charge in [0.15, 0.2) is 0 Å². The minimum atomic E-state index is -3.69. The van der Waals surface area contributed by atoms with Crippen LogP contribution in [0.2, 0.25) is 0 Å². The van der Waals surface area contributed by atoms with Crippen molar-refractivity contribution < 1.29 is 13.2 Å². The summed E-state index contributed by atoms with van der Waals surface area (Å²) >= 11 is 0. The lowest BCUT2D eigenvalue weighted by atomic mass is 10.2. The van der Waals surface area contributed by atoms with Crippen LogP contribution in [0.15, 0.2) is 45.3 Å². The maximum absolute atomic E-state index is 12.5. The third-order valence-electron chi connectivity index (χ3n) is 5.23. The number of H-pyrrole nitrogens is 1. The van der Waals surface area contributed by atoms with E-state index in [0.29, 0.717) is 18.0 Å². The molecule has 1 amide bonds. The molecule has 2 aromatic rings. The number of carbonyl (C=O) groups excluding carboxylic acids is 1. The number of hydrogen-bond acceptors (Lipinski definition) is 5. The largest absolute Gasteiger partial charge is 0.356 e. The van der Waals surface area contributed by atoms with Gasteiger partial charge in [-0.25, -0.2) is 17.9 Å². The summed E-state index contributed by atoms with van der Waals surface area (Å²) in [6.07, 6.45) is 4.98. The number of rotatable bonds is 6. The zero-order valence-corrected chi connectivity index (χ0v) is 17.8. The predicted octanol–water partition coefficient (Wildman–Crippen LogP) is 0.849. The van der Waals surface area contributed by atoms with E-state index in [9.17, 15) is 22.8 Å². The summed E-state index contributed by atoms with van der Waals surface area (Å²) in [5, 5.41) is 2.58. The van der Waals surface area contributed by atoms with Crippen LogP contribution in [0.5, 0.6) is 0 Å². The summed E-state index contributed by atoms with van der Waals surface area (Å²) in [7, 11) is -2.13. The molecule has 0 saturated heterocycles. The van der Waals surface area contributed by atoms with E-state index in [0.717, 1.165) is 25.7 Å². The maximum atomic E-state index is 12.5. The van der Waals surface area contributed by atoms with E-state index in [1.807, 2.05) is 6.92 Å². The van der Waals surface area contributed by atoms with Crippen molar-refractivity contribution in [3.05, 3.63) is 51.7 Å². The van der Waals surface area contributed by atoms with E-state index in [1.165, 1.54) is 22.8 Å². The Bertz CT molecular complexity index is 1200. The normalized spacial score (nSPS) is 17.0. The predicted molar refractivity (Wildman–Crippen MR) is 114 cm³/mol.